The van der Waals surface area contributed by atoms with Gasteiger partial charge in [-0.1, -0.05) is 25.4 Å². The van der Waals surface area contributed by atoms with E-state index in [1.165, 1.54) is 0 Å². The maximum absolute atomic E-state index is 6.10. The zero-order valence-electron chi connectivity index (χ0n) is 10.1. The molecule has 0 saturated heterocycles. The summed E-state index contributed by atoms with van der Waals surface area (Å²) in [5, 5.41) is 0.487. The van der Waals surface area contributed by atoms with Gasteiger partial charge in [-0.05, 0) is 35.7 Å². The minimum absolute atomic E-state index is 0.323. The summed E-state index contributed by atoms with van der Waals surface area (Å²) in [5.41, 5.74) is 0.960. The second kappa shape index (κ2) is 5.82. The average molecular weight is 307 g/mol. The van der Waals surface area contributed by atoms with Crippen molar-refractivity contribution in [2.75, 3.05) is 18.0 Å². The minimum atomic E-state index is 0.323. The number of anilines is 1. The monoisotopic (exact) mass is 305 g/mol. The van der Waals surface area contributed by atoms with Crippen LogP contribution in [0.3, 0.4) is 0 Å². The van der Waals surface area contributed by atoms with E-state index in [0.717, 1.165) is 23.3 Å². The second-order valence-electron chi connectivity index (χ2n) is 3.84. The van der Waals surface area contributed by atoms with Crippen molar-refractivity contribution < 1.29 is 0 Å². The lowest BCUT2D eigenvalue weighted by atomic mass is 10.1. The Morgan fingerprint density at radius 1 is 1.25 bits per heavy atom. The van der Waals surface area contributed by atoms with E-state index < -0.39 is 0 Å². The van der Waals surface area contributed by atoms with Crippen molar-refractivity contribution in [2.45, 2.75) is 33.6 Å². The topological polar surface area (TPSA) is 29.0 Å². The van der Waals surface area contributed by atoms with Crippen LogP contribution in [0.15, 0.2) is 4.47 Å². The van der Waals surface area contributed by atoms with E-state index >= 15 is 0 Å². The van der Waals surface area contributed by atoms with Crippen LogP contribution in [0.2, 0.25) is 5.15 Å². The highest BCUT2D eigenvalue weighted by atomic mass is 79.9. The van der Waals surface area contributed by atoms with Gasteiger partial charge in [-0.3, -0.25) is 0 Å². The first-order valence-corrected chi connectivity index (χ1v) is 6.66. The lowest BCUT2D eigenvalue weighted by Crippen LogP contribution is -2.24. The minimum Gasteiger partial charge on any atom is -0.341 e. The maximum atomic E-state index is 6.10. The van der Waals surface area contributed by atoms with Gasteiger partial charge in [0.1, 0.15) is 5.15 Å². The Bertz CT molecular complexity index is 364. The van der Waals surface area contributed by atoms with E-state index in [-0.39, 0.29) is 0 Å². The highest BCUT2D eigenvalue weighted by molar-refractivity contribution is 9.10. The fourth-order valence-corrected chi connectivity index (χ4v) is 2.26. The van der Waals surface area contributed by atoms with Crippen molar-refractivity contribution in [1.29, 1.82) is 0 Å². The van der Waals surface area contributed by atoms with Crippen LogP contribution in [0, 0.1) is 0 Å². The van der Waals surface area contributed by atoms with Gasteiger partial charge in [0.25, 0.3) is 0 Å². The van der Waals surface area contributed by atoms with Gasteiger partial charge in [0.2, 0.25) is 5.95 Å². The summed E-state index contributed by atoms with van der Waals surface area (Å²) in [5.74, 6) is 1.03. The summed E-state index contributed by atoms with van der Waals surface area (Å²) < 4.78 is 0.806. The number of halogens is 2. The Morgan fingerprint density at radius 3 is 2.25 bits per heavy atom. The number of aromatic nitrogens is 2. The third kappa shape index (κ3) is 2.86. The van der Waals surface area contributed by atoms with Crippen molar-refractivity contribution >= 4 is 33.5 Å². The van der Waals surface area contributed by atoms with Crippen LogP contribution in [-0.4, -0.2) is 23.1 Å². The molecule has 0 N–H and O–H groups in total. The lowest BCUT2D eigenvalue weighted by molar-refractivity contribution is 0.768. The molecule has 0 aliphatic carbocycles. The molecule has 0 amide bonds. The van der Waals surface area contributed by atoms with Gasteiger partial charge in [0, 0.05) is 13.1 Å². The van der Waals surface area contributed by atoms with Crippen molar-refractivity contribution in [3.8, 4) is 0 Å². The molecule has 3 nitrogen and oxygen atoms in total. The Morgan fingerprint density at radius 2 is 1.81 bits per heavy atom. The summed E-state index contributed by atoms with van der Waals surface area (Å²) in [6.45, 7) is 10.1. The molecule has 1 rings (SSSR count). The smallest absolute Gasteiger partial charge is 0.227 e. The van der Waals surface area contributed by atoms with Crippen LogP contribution < -0.4 is 4.90 Å². The van der Waals surface area contributed by atoms with Gasteiger partial charge >= 0.3 is 0 Å². The molecule has 0 radical (unpaired) electrons. The first kappa shape index (κ1) is 13.7. The average Bonchev–Trinajstić information content (AvgIpc) is 2.24. The van der Waals surface area contributed by atoms with Gasteiger partial charge in [0.15, 0.2) is 0 Å². The molecule has 0 saturated carbocycles. The molecule has 1 aromatic heterocycles. The van der Waals surface area contributed by atoms with E-state index in [0.29, 0.717) is 17.0 Å². The molecule has 0 aliphatic rings. The molecule has 0 atom stereocenters. The molecule has 0 aromatic carbocycles. The van der Waals surface area contributed by atoms with E-state index in [1.54, 1.807) is 0 Å². The van der Waals surface area contributed by atoms with Crippen molar-refractivity contribution in [3.63, 3.8) is 0 Å². The molecule has 0 unspecified atom stereocenters. The third-order valence-electron chi connectivity index (χ3n) is 2.42. The van der Waals surface area contributed by atoms with Crippen LogP contribution >= 0.6 is 27.5 Å². The summed E-state index contributed by atoms with van der Waals surface area (Å²) in [4.78, 5) is 10.9. The maximum Gasteiger partial charge on any atom is 0.227 e. The van der Waals surface area contributed by atoms with Crippen molar-refractivity contribution in [3.05, 3.63) is 15.3 Å². The predicted molar refractivity (Wildman–Crippen MR) is 72.4 cm³/mol. The molecule has 16 heavy (non-hydrogen) atoms. The fourth-order valence-electron chi connectivity index (χ4n) is 1.45. The van der Waals surface area contributed by atoms with Gasteiger partial charge in [-0.2, -0.15) is 4.98 Å². The quantitative estimate of drug-likeness (QED) is 0.791. The van der Waals surface area contributed by atoms with Crippen LogP contribution in [0.5, 0.6) is 0 Å². The van der Waals surface area contributed by atoms with Crippen LogP contribution in [0.4, 0.5) is 5.95 Å². The van der Waals surface area contributed by atoms with Crippen LogP contribution in [0.25, 0.3) is 0 Å². The van der Waals surface area contributed by atoms with Gasteiger partial charge in [-0.15, -0.1) is 0 Å². The molecule has 1 aromatic rings. The molecule has 0 bridgehead atoms. The number of nitrogens with zero attached hydrogens (tertiary/aromatic N) is 3. The van der Waals surface area contributed by atoms with E-state index in [1.807, 2.05) is 0 Å². The Kier molecular flexibility index (Phi) is 4.99. The highest BCUT2D eigenvalue weighted by Gasteiger charge is 2.15. The van der Waals surface area contributed by atoms with Crippen LogP contribution in [-0.2, 0) is 0 Å². The lowest BCUT2D eigenvalue weighted by Gasteiger charge is -2.20. The van der Waals surface area contributed by atoms with E-state index in [9.17, 15) is 0 Å². The normalized spacial score (nSPS) is 10.9. The second-order valence-corrected chi connectivity index (χ2v) is 4.99. The zero-order chi connectivity index (χ0) is 12.3. The fraction of sp³-hybridized carbons (Fsp3) is 0.636. The first-order valence-electron chi connectivity index (χ1n) is 5.49. The Balaban J connectivity index is 3.23. The molecular formula is C11H17BrClN3. The standard InChI is InChI=1S/C11H17BrClN3/c1-5-16(6-2)11-14-9(7(3)4)8(12)10(13)15-11/h7H,5-6H2,1-4H3. The number of hydrogen-bond donors (Lipinski definition) is 0. The molecule has 90 valence electrons. The highest BCUT2D eigenvalue weighted by Crippen LogP contribution is 2.30. The summed E-state index contributed by atoms with van der Waals surface area (Å²) >= 11 is 9.53. The van der Waals surface area contributed by atoms with Gasteiger partial charge < -0.3 is 4.90 Å². The Labute approximate surface area is 110 Å². The summed E-state index contributed by atoms with van der Waals surface area (Å²) in [6.07, 6.45) is 0. The van der Waals surface area contributed by atoms with Crippen LogP contribution in [0.1, 0.15) is 39.3 Å². The summed E-state index contributed by atoms with van der Waals surface area (Å²) in [6, 6.07) is 0. The molecule has 0 fully saturated rings. The SMILES string of the molecule is CCN(CC)c1nc(Cl)c(Br)c(C(C)C)n1. The number of rotatable bonds is 4. The largest absolute Gasteiger partial charge is 0.341 e. The summed E-state index contributed by atoms with van der Waals surface area (Å²) in [7, 11) is 0. The number of hydrogen-bond acceptors (Lipinski definition) is 3. The van der Waals surface area contributed by atoms with Crippen molar-refractivity contribution in [1.82, 2.24) is 9.97 Å². The predicted octanol–water partition coefficient (Wildman–Crippen LogP) is 3.86. The van der Waals surface area contributed by atoms with Gasteiger partial charge in [-0.25, -0.2) is 4.98 Å². The molecule has 0 aliphatic heterocycles. The third-order valence-corrected chi connectivity index (χ3v) is 3.70. The molecule has 5 heteroatoms. The zero-order valence-corrected chi connectivity index (χ0v) is 12.4. The first-order chi connectivity index (χ1) is 7.51. The molecular weight excluding hydrogens is 289 g/mol. The van der Waals surface area contributed by atoms with Crippen molar-refractivity contribution in [2.24, 2.45) is 0 Å². The van der Waals surface area contributed by atoms with E-state index in [4.69, 9.17) is 11.6 Å². The van der Waals surface area contributed by atoms with Gasteiger partial charge in [0.05, 0.1) is 10.2 Å². The molecule has 1 heterocycles. The Hall–Kier alpha value is -0.350. The molecule has 0 spiro atoms. The van der Waals surface area contributed by atoms with E-state index in [2.05, 4.69) is 58.5 Å².